The van der Waals surface area contributed by atoms with E-state index in [1.165, 1.54) is 0 Å². The lowest BCUT2D eigenvalue weighted by Gasteiger charge is -2.18. The van der Waals surface area contributed by atoms with Crippen molar-refractivity contribution < 1.29 is 13.7 Å². The van der Waals surface area contributed by atoms with Crippen LogP contribution >= 0.6 is 11.6 Å². The highest BCUT2D eigenvalue weighted by molar-refractivity contribution is 7.83. The average Bonchev–Trinajstić information content (AvgIpc) is 2.55. The number of amides is 1. The van der Waals surface area contributed by atoms with E-state index in [4.69, 9.17) is 16.3 Å². The first-order valence-corrected chi connectivity index (χ1v) is 9.59. The van der Waals surface area contributed by atoms with E-state index in [1.54, 1.807) is 54.6 Å². The van der Waals surface area contributed by atoms with E-state index in [0.29, 0.717) is 35.2 Å². The number of hydrogen-bond acceptors (Lipinski definition) is 3. The number of ether oxygens (including phenoxy) is 1. The van der Waals surface area contributed by atoms with Gasteiger partial charge in [-0.3, -0.25) is 9.00 Å². The topological polar surface area (TPSA) is 46.6 Å². The molecular formula is C18H20ClNO3S. The molecule has 1 unspecified atom stereocenters. The Morgan fingerprint density at radius 1 is 1.21 bits per heavy atom. The molecule has 2 aromatic carbocycles. The molecule has 1 amide bonds. The Balaban J connectivity index is 1.89. The fraction of sp³-hybridized carbons (Fsp3) is 0.278. The number of benzene rings is 2. The highest BCUT2D eigenvalue weighted by Crippen LogP contribution is 2.15. The van der Waals surface area contributed by atoms with Gasteiger partial charge in [-0.2, -0.15) is 0 Å². The van der Waals surface area contributed by atoms with Gasteiger partial charge < -0.3 is 9.64 Å². The van der Waals surface area contributed by atoms with Crippen molar-refractivity contribution in [2.24, 2.45) is 0 Å². The molecule has 0 heterocycles. The van der Waals surface area contributed by atoms with Crippen LogP contribution in [0.25, 0.3) is 0 Å². The second kappa shape index (κ2) is 8.85. The van der Waals surface area contributed by atoms with Crippen molar-refractivity contribution in [3.05, 3.63) is 64.7 Å². The third-order valence-electron chi connectivity index (χ3n) is 3.40. The molecule has 0 aromatic heterocycles. The molecule has 0 spiro atoms. The third-order valence-corrected chi connectivity index (χ3v) is 4.39. The Labute approximate surface area is 149 Å². The molecule has 0 bridgehead atoms. The number of hydrogen-bond donors (Lipinski definition) is 0. The molecule has 0 radical (unpaired) electrons. The predicted octanol–water partition coefficient (Wildman–Crippen LogP) is 3.37. The number of carbonyl (C=O) groups excluding carboxylic acids is 1. The lowest BCUT2D eigenvalue weighted by Crippen LogP contribution is -2.30. The van der Waals surface area contributed by atoms with Crippen LogP contribution in [0.4, 0.5) is 0 Å². The summed E-state index contributed by atoms with van der Waals surface area (Å²) in [4.78, 5) is 14.1. The van der Waals surface area contributed by atoms with Crippen molar-refractivity contribution in [2.75, 3.05) is 26.5 Å². The molecule has 2 rings (SSSR count). The van der Waals surface area contributed by atoms with Crippen LogP contribution in [0, 0.1) is 0 Å². The van der Waals surface area contributed by atoms with Gasteiger partial charge in [0.25, 0.3) is 5.91 Å². The van der Waals surface area contributed by atoms with Crippen molar-refractivity contribution in [1.82, 2.24) is 4.90 Å². The van der Waals surface area contributed by atoms with E-state index >= 15 is 0 Å². The molecule has 0 saturated heterocycles. The number of halogens is 1. The van der Waals surface area contributed by atoms with Crippen LogP contribution in [0.2, 0.25) is 5.02 Å². The first kappa shape index (κ1) is 18.5. The van der Waals surface area contributed by atoms with E-state index in [1.807, 2.05) is 12.1 Å². The van der Waals surface area contributed by atoms with E-state index in [0.717, 1.165) is 5.56 Å². The molecule has 6 heteroatoms. The summed E-state index contributed by atoms with van der Waals surface area (Å²) in [6.07, 6.45) is 1.65. The molecule has 0 aliphatic carbocycles. The van der Waals surface area contributed by atoms with Crippen molar-refractivity contribution in [1.29, 1.82) is 0 Å². The van der Waals surface area contributed by atoms with Gasteiger partial charge in [-0.15, -0.1) is 0 Å². The van der Waals surface area contributed by atoms with Crippen molar-refractivity contribution >= 4 is 28.3 Å². The van der Waals surface area contributed by atoms with Gasteiger partial charge in [-0.05, 0) is 42.0 Å². The molecule has 2 aromatic rings. The molecular weight excluding hydrogens is 346 g/mol. The SMILES string of the molecule is CN(CCOc1ccc(Cl)cc1)C(=O)c1cccc(CS(C)=O)c1. The Bertz CT molecular complexity index is 718. The molecule has 0 aliphatic heterocycles. The van der Waals surface area contributed by atoms with E-state index in [2.05, 4.69) is 0 Å². The van der Waals surface area contributed by atoms with Crippen LogP contribution in [0.3, 0.4) is 0 Å². The highest BCUT2D eigenvalue weighted by atomic mass is 35.5. The zero-order valence-corrected chi connectivity index (χ0v) is 15.3. The Morgan fingerprint density at radius 2 is 1.92 bits per heavy atom. The van der Waals surface area contributed by atoms with Crippen LogP contribution in [0.5, 0.6) is 5.75 Å². The maximum absolute atomic E-state index is 12.4. The maximum atomic E-state index is 12.4. The summed E-state index contributed by atoms with van der Waals surface area (Å²) in [5.41, 5.74) is 1.49. The van der Waals surface area contributed by atoms with Crippen LogP contribution in [0.1, 0.15) is 15.9 Å². The van der Waals surface area contributed by atoms with E-state index < -0.39 is 10.8 Å². The average molecular weight is 366 g/mol. The minimum absolute atomic E-state index is 0.0848. The van der Waals surface area contributed by atoms with E-state index in [-0.39, 0.29) is 5.91 Å². The fourth-order valence-electron chi connectivity index (χ4n) is 2.18. The number of carbonyl (C=O) groups is 1. The first-order chi connectivity index (χ1) is 11.5. The molecule has 0 aliphatic rings. The summed E-state index contributed by atoms with van der Waals surface area (Å²) in [5, 5.41) is 0.655. The summed E-state index contributed by atoms with van der Waals surface area (Å²) in [5.74, 6) is 1.08. The monoisotopic (exact) mass is 365 g/mol. The van der Waals surface area contributed by atoms with Gasteiger partial charge in [-0.1, -0.05) is 23.7 Å². The van der Waals surface area contributed by atoms with Crippen LogP contribution in [-0.2, 0) is 16.6 Å². The van der Waals surface area contributed by atoms with Crippen LogP contribution < -0.4 is 4.74 Å². The Kier molecular flexibility index (Phi) is 6.82. The molecule has 128 valence electrons. The standard InChI is InChI=1S/C18H20ClNO3S/c1-20(10-11-23-17-8-6-16(19)7-9-17)18(21)15-5-3-4-14(12-15)13-24(2)22/h3-9,12H,10-11,13H2,1-2H3. The molecule has 1 atom stereocenters. The second-order valence-corrected chi connectivity index (χ2v) is 7.32. The third kappa shape index (κ3) is 5.65. The lowest BCUT2D eigenvalue weighted by molar-refractivity contribution is 0.0773. The number of rotatable bonds is 7. The normalized spacial score (nSPS) is 11.8. The largest absolute Gasteiger partial charge is 0.492 e. The number of likely N-dealkylation sites (N-methyl/N-ethyl adjacent to an activating group) is 1. The van der Waals surface area contributed by atoms with Crippen LogP contribution in [-0.4, -0.2) is 41.5 Å². The van der Waals surface area contributed by atoms with Crippen molar-refractivity contribution in [2.45, 2.75) is 5.75 Å². The quantitative estimate of drug-likeness (QED) is 0.755. The minimum atomic E-state index is -0.931. The Hall–Kier alpha value is -1.85. The van der Waals surface area contributed by atoms with E-state index in [9.17, 15) is 9.00 Å². The summed E-state index contributed by atoms with van der Waals surface area (Å²) < 4.78 is 16.9. The van der Waals surface area contributed by atoms with Gasteiger partial charge >= 0.3 is 0 Å². The summed E-state index contributed by atoms with van der Waals surface area (Å²) in [6, 6.07) is 14.3. The maximum Gasteiger partial charge on any atom is 0.253 e. The van der Waals surface area contributed by atoms with Crippen molar-refractivity contribution in [3.63, 3.8) is 0 Å². The summed E-state index contributed by atoms with van der Waals surface area (Å²) >= 11 is 5.82. The highest BCUT2D eigenvalue weighted by Gasteiger charge is 2.12. The Morgan fingerprint density at radius 3 is 2.58 bits per heavy atom. The molecule has 0 N–H and O–H groups in total. The second-order valence-electron chi connectivity index (χ2n) is 5.45. The molecule has 0 fully saturated rings. The molecule has 0 saturated carbocycles. The summed E-state index contributed by atoms with van der Waals surface area (Å²) in [6.45, 7) is 0.855. The van der Waals surface area contributed by atoms with Crippen LogP contribution in [0.15, 0.2) is 48.5 Å². The van der Waals surface area contributed by atoms with Gasteiger partial charge in [0.15, 0.2) is 0 Å². The zero-order valence-electron chi connectivity index (χ0n) is 13.7. The first-order valence-electron chi connectivity index (χ1n) is 7.48. The van der Waals surface area contributed by atoms with Crippen molar-refractivity contribution in [3.8, 4) is 5.75 Å². The molecule has 4 nitrogen and oxygen atoms in total. The lowest BCUT2D eigenvalue weighted by atomic mass is 10.1. The number of nitrogens with zero attached hydrogens (tertiary/aromatic N) is 1. The van der Waals surface area contributed by atoms with Gasteiger partial charge in [0, 0.05) is 40.4 Å². The minimum Gasteiger partial charge on any atom is -0.492 e. The smallest absolute Gasteiger partial charge is 0.253 e. The van der Waals surface area contributed by atoms with Gasteiger partial charge in [0.1, 0.15) is 12.4 Å². The van der Waals surface area contributed by atoms with Gasteiger partial charge in [-0.25, -0.2) is 0 Å². The van der Waals surface area contributed by atoms with Gasteiger partial charge in [0.05, 0.1) is 6.54 Å². The fourth-order valence-corrected chi connectivity index (χ4v) is 2.96. The zero-order chi connectivity index (χ0) is 17.5. The molecule has 24 heavy (non-hydrogen) atoms. The summed E-state index contributed by atoms with van der Waals surface area (Å²) in [7, 11) is 0.803. The van der Waals surface area contributed by atoms with Gasteiger partial charge in [0.2, 0.25) is 0 Å². The predicted molar refractivity (Wildman–Crippen MR) is 98.1 cm³/mol.